The molecule has 0 saturated carbocycles. The highest BCUT2D eigenvalue weighted by Crippen LogP contribution is 2.32. The van der Waals surface area contributed by atoms with Crippen LogP contribution < -0.4 is 9.47 Å². The van der Waals surface area contributed by atoms with Crippen LogP contribution in [-0.4, -0.2) is 74.5 Å². The lowest BCUT2D eigenvalue weighted by molar-refractivity contribution is 0.0628. The highest BCUT2D eigenvalue weighted by Gasteiger charge is 2.25. The van der Waals surface area contributed by atoms with E-state index in [-0.39, 0.29) is 17.6 Å². The van der Waals surface area contributed by atoms with Gasteiger partial charge in [-0.25, -0.2) is 8.42 Å². The summed E-state index contributed by atoms with van der Waals surface area (Å²) in [6, 6.07) is 12.2. The summed E-state index contributed by atoms with van der Waals surface area (Å²) in [6.45, 7) is 8.30. The number of nitrogens with zero attached hydrogens (tertiary/aromatic N) is 3. The van der Waals surface area contributed by atoms with E-state index in [0.717, 1.165) is 36.7 Å². The van der Waals surface area contributed by atoms with Crippen LogP contribution in [-0.2, 0) is 16.6 Å². The van der Waals surface area contributed by atoms with Crippen molar-refractivity contribution in [1.29, 1.82) is 0 Å². The molecule has 1 fully saturated rings. The van der Waals surface area contributed by atoms with Gasteiger partial charge in [-0.2, -0.15) is 4.31 Å². The van der Waals surface area contributed by atoms with Gasteiger partial charge >= 0.3 is 0 Å². The van der Waals surface area contributed by atoms with Crippen molar-refractivity contribution < 1.29 is 22.7 Å². The number of carbonyl (C=O) groups excluding carboxylic acids is 1. The lowest BCUT2D eigenvalue weighted by Crippen LogP contribution is -2.48. The fourth-order valence-electron chi connectivity index (χ4n) is 4.07. The number of hydrogen-bond donors (Lipinski definition) is 0. The van der Waals surface area contributed by atoms with Crippen LogP contribution in [0.25, 0.3) is 0 Å². The van der Waals surface area contributed by atoms with E-state index >= 15 is 0 Å². The van der Waals surface area contributed by atoms with Crippen LogP contribution in [0.1, 0.15) is 29.8 Å². The summed E-state index contributed by atoms with van der Waals surface area (Å²) in [5, 5.41) is 0. The average Bonchev–Trinajstić information content (AvgIpc) is 3.28. The van der Waals surface area contributed by atoms with Gasteiger partial charge in [-0.05, 0) is 42.0 Å². The number of rotatable bonds is 7. The highest BCUT2D eigenvalue weighted by atomic mass is 32.2. The molecule has 8 nitrogen and oxygen atoms in total. The van der Waals surface area contributed by atoms with Crippen LogP contribution in [0.2, 0.25) is 0 Å². The maximum atomic E-state index is 12.9. The van der Waals surface area contributed by atoms with Gasteiger partial charge in [-0.1, -0.05) is 19.9 Å². The van der Waals surface area contributed by atoms with Gasteiger partial charge in [-0.15, -0.1) is 0 Å². The number of ether oxygens (including phenoxy) is 2. The zero-order chi connectivity index (χ0) is 22.7. The van der Waals surface area contributed by atoms with Crippen LogP contribution in [0.3, 0.4) is 0 Å². The number of fused-ring (bicyclic) bond motifs is 1. The van der Waals surface area contributed by atoms with Gasteiger partial charge in [0.15, 0.2) is 11.5 Å². The minimum absolute atomic E-state index is 0.0699. The van der Waals surface area contributed by atoms with E-state index in [9.17, 15) is 13.2 Å². The molecule has 1 amide bonds. The molecule has 4 rings (SSSR count). The number of amides is 1. The van der Waals surface area contributed by atoms with E-state index < -0.39 is 10.0 Å². The third-order valence-corrected chi connectivity index (χ3v) is 8.01. The van der Waals surface area contributed by atoms with Crippen molar-refractivity contribution in [1.82, 2.24) is 14.1 Å². The van der Waals surface area contributed by atoms with Crippen molar-refractivity contribution in [3.05, 3.63) is 53.6 Å². The van der Waals surface area contributed by atoms with Crippen molar-refractivity contribution in [3.8, 4) is 11.5 Å². The Morgan fingerprint density at radius 2 is 1.59 bits per heavy atom. The van der Waals surface area contributed by atoms with Gasteiger partial charge in [0.2, 0.25) is 16.8 Å². The second kappa shape index (κ2) is 9.48. The first-order chi connectivity index (χ1) is 15.4. The van der Waals surface area contributed by atoms with Crippen molar-refractivity contribution >= 4 is 15.9 Å². The zero-order valence-electron chi connectivity index (χ0n) is 18.5. The van der Waals surface area contributed by atoms with Crippen LogP contribution in [0, 0.1) is 0 Å². The van der Waals surface area contributed by atoms with Crippen molar-refractivity contribution in [3.63, 3.8) is 0 Å². The monoisotopic (exact) mass is 459 g/mol. The molecular formula is C23H29N3O5S. The van der Waals surface area contributed by atoms with Crippen molar-refractivity contribution in [2.45, 2.75) is 25.3 Å². The highest BCUT2D eigenvalue weighted by molar-refractivity contribution is 7.89. The predicted molar refractivity (Wildman–Crippen MR) is 120 cm³/mol. The number of hydrogen-bond acceptors (Lipinski definition) is 6. The molecule has 0 atom stereocenters. The molecule has 32 heavy (non-hydrogen) atoms. The second-order valence-electron chi connectivity index (χ2n) is 7.87. The SMILES string of the molecule is CCN(CC)S(=O)(=O)c1ccc(C(=O)N2CCN(Cc3ccc4c(c3)OCO4)CC2)cc1. The lowest BCUT2D eigenvalue weighted by Gasteiger charge is -2.34. The molecule has 0 bridgehead atoms. The Labute approximate surface area is 189 Å². The fourth-order valence-corrected chi connectivity index (χ4v) is 5.53. The summed E-state index contributed by atoms with van der Waals surface area (Å²) < 4.78 is 37.5. The van der Waals surface area contributed by atoms with Gasteiger partial charge in [-0.3, -0.25) is 9.69 Å². The van der Waals surface area contributed by atoms with Crippen LogP contribution in [0.5, 0.6) is 11.5 Å². The molecule has 1 saturated heterocycles. The van der Waals surface area contributed by atoms with Crippen LogP contribution in [0.4, 0.5) is 0 Å². The van der Waals surface area contributed by atoms with Gasteiger partial charge in [0.05, 0.1) is 4.90 Å². The third kappa shape index (κ3) is 4.60. The van der Waals surface area contributed by atoms with Crippen molar-refractivity contribution in [2.75, 3.05) is 46.1 Å². The Morgan fingerprint density at radius 1 is 0.938 bits per heavy atom. The quantitative estimate of drug-likeness (QED) is 0.633. The zero-order valence-corrected chi connectivity index (χ0v) is 19.3. The average molecular weight is 460 g/mol. The minimum Gasteiger partial charge on any atom is -0.454 e. The standard InChI is InChI=1S/C23H29N3O5S/c1-3-26(4-2)32(28,29)20-8-6-19(7-9-20)23(27)25-13-11-24(12-14-25)16-18-5-10-21-22(15-18)31-17-30-21/h5-10,15H,3-4,11-14,16-17H2,1-2H3. The van der Waals surface area contributed by atoms with E-state index in [1.54, 1.807) is 12.1 Å². The van der Waals surface area contributed by atoms with E-state index in [1.807, 2.05) is 36.9 Å². The second-order valence-corrected chi connectivity index (χ2v) is 9.81. The first-order valence-electron chi connectivity index (χ1n) is 10.9. The molecule has 0 radical (unpaired) electrons. The van der Waals surface area contributed by atoms with Gasteiger partial charge < -0.3 is 14.4 Å². The number of sulfonamides is 1. The summed E-state index contributed by atoms with van der Waals surface area (Å²) in [5.41, 5.74) is 1.66. The molecule has 2 aromatic rings. The van der Waals surface area contributed by atoms with Crippen molar-refractivity contribution in [2.24, 2.45) is 0 Å². The van der Waals surface area contributed by atoms with E-state index in [4.69, 9.17) is 9.47 Å². The molecule has 2 aliphatic heterocycles. The Bertz CT molecular complexity index is 1060. The number of carbonyl (C=O) groups is 1. The third-order valence-electron chi connectivity index (χ3n) is 5.95. The maximum absolute atomic E-state index is 12.9. The molecule has 2 aromatic carbocycles. The number of benzene rings is 2. The normalized spacial score (nSPS) is 16.5. The van der Waals surface area contributed by atoms with Crippen LogP contribution in [0.15, 0.2) is 47.4 Å². The Kier molecular flexibility index (Phi) is 6.68. The summed E-state index contributed by atoms with van der Waals surface area (Å²) in [4.78, 5) is 17.3. The largest absolute Gasteiger partial charge is 0.454 e. The Balaban J connectivity index is 1.34. The number of piperazine rings is 1. The molecule has 0 N–H and O–H groups in total. The Morgan fingerprint density at radius 3 is 2.25 bits per heavy atom. The molecule has 0 unspecified atom stereocenters. The Hall–Kier alpha value is -2.62. The summed E-state index contributed by atoms with van der Waals surface area (Å²) >= 11 is 0. The van der Waals surface area contributed by atoms with E-state index in [0.29, 0.717) is 31.7 Å². The minimum atomic E-state index is -3.52. The summed E-state index contributed by atoms with van der Waals surface area (Å²) in [5.74, 6) is 1.49. The topological polar surface area (TPSA) is 79.4 Å². The molecule has 0 spiro atoms. The van der Waals surface area contributed by atoms with Gasteiger partial charge in [0, 0.05) is 51.4 Å². The molecule has 2 heterocycles. The first kappa shape index (κ1) is 22.6. The molecule has 9 heteroatoms. The fraction of sp³-hybridized carbons (Fsp3) is 0.435. The maximum Gasteiger partial charge on any atom is 0.253 e. The van der Waals surface area contributed by atoms with Gasteiger partial charge in [0.1, 0.15) is 0 Å². The molecule has 0 aliphatic carbocycles. The lowest BCUT2D eigenvalue weighted by atomic mass is 10.1. The first-order valence-corrected chi connectivity index (χ1v) is 12.4. The van der Waals surface area contributed by atoms with E-state index in [1.165, 1.54) is 16.4 Å². The van der Waals surface area contributed by atoms with E-state index in [2.05, 4.69) is 4.90 Å². The molecule has 0 aromatic heterocycles. The molecule has 2 aliphatic rings. The summed E-state index contributed by atoms with van der Waals surface area (Å²) in [6.07, 6.45) is 0. The van der Waals surface area contributed by atoms with Crippen LogP contribution >= 0.6 is 0 Å². The summed E-state index contributed by atoms with van der Waals surface area (Å²) in [7, 11) is -3.52. The smallest absolute Gasteiger partial charge is 0.253 e. The van der Waals surface area contributed by atoms with Gasteiger partial charge in [0.25, 0.3) is 5.91 Å². The molecular weight excluding hydrogens is 430 g/mol. The predicted octanol–water partition coefficient (Wildman–Crippen LogP) is 2.40. The molecule has 172 valence electrons.